The molecule has 0 atom stereocenters. The van der Waals surface area contributed by atoms with Crippen molar-refractivity contribution in [3.05, 3.63) is 102 Å². The Morgan fingerprint density at radius 2 is 1.38 bits per heavy atom. The summed E-state index contributed by atoms with van der Waals surface area (Å²) in [5.74, 6) is 0. The third kappa shape index (κ3) is 2.63. The highest BCUT2D eigenvalue weighted by Gasteiger charge is 2.20. The molecule has 6 aromatic rings. The molecular weight excluding hydrogens is 412 g/mol. The van der Waals surface area contributed by atoms with Crippen molar-refractivity contribution in [2.45, 2.75) is 6.42 Å². The van der Waals surface area contributed by atoms with Crippen molar-refractivity contribution in [3.63, 3.8) is 0 Å². The molecule has 0 spiro atoms. The first-order chi connectivity index (χ1) is 16.6. The topological polar surface area (TPSA) is 8.17 Å². The number of nitrogens with zero attached hydrogens (tertiary/aromatic N) is 2. The summed E-state index contributed by atoms with van der Waals surface area (Å²) >= 11 is 0. The van der Waals surface area contributed by atoms with Crippen LogP contribution in [-0.2, 0) is 13.5 Å². The van der Waals surface area contributed by atoms with Crippen LogP contribution in [-0.4, -0.2) is 18.7 Å². The minimum absolute atomic E-state index is 1.03. The maximum absolute atomic E-state index is 2.41. The molecule has 0 unspecified atom stereocenters. The fourth-order valence-electron chi connectivity index (χ4n) is 5.88. The van der Waals surface area contributed by atoms with Crippen LogP contribution in [0.2, 0.25) is 0 Å². The first-order valence-electron chi connectivity index (χ1n) is 11.9. The van der Waals surface area contributed by atoms with Crippen molar-refractivity contribution in [3.8, 4) is 22.3 Å². The monoisotopic (exact) mass is 438 g/mol. The van der Waals surface area contributed by atoms with Crippen molar-refractivity contribution in [1.82, 2.24) is 4.57 Å². The van der Waals surface area contributed by atoms with Crippen molar-refractivity contribution in [2.24, 2.45) is 7.05 Å². The van der Waals surface area contributed by atoms with Crippen LogP contribution in [0.1, 0.15) is 11.1 Å². The van der Waals surface area contributed by atoms with Crippen LogP contribution in [0.5, 0.6) is 0 Å². The van der Waals surface area contributed by atoms with E-state index < -0.39 is 0 Å². The molecule has 0 amide bonds. The van der Waals surface area contributed by atoms with E-state index in [-0.39, 0.29) is 0 Å². The summed E-state index contributed by atoms with van der Waals surface area (Å²) < 4.78 is 2.36. The maximum Gasteiger partial charge on any atom is 0.0568 e. The van der Waals surface area contributed by atoms with Crippen molar-refractivity contribution >= 4 is 38.3 Å². The maximum atomic E-state index is 2.41. The van der Waals surface area contributed by atoms with Crippen LogP contribution in [0.3, 0.4) is 0 Å². The van der Waals surface area contributed by atoms with Gasteiger partial charge < -0.3 is 9.47 Å². The molecule has 0 N–H and O–H groups in total. The fourth-order valence-corrected chi connectivity index (χ4v) is 5.88. The second kappa shape index (κ2) is 6.98. The van der Waals surface area contributed by atoms with Gasteiger partial charge in [0.25, 0.3) is 0 Å². The van der Waals surface area contributed by atoms with Gasteiger partial charge in [-0.25, -0.2) is 0 Å². The highest BCUT2D eigenvalue weighted by atomic mass is 15.1. The van der Waals surface area contributed by atoms with Crippen LogP contribution in [0.4, 0.5) is 5.69 Å². The van der Waals surface area contributed by atoms with E-state index in [0.717, 1.165) is 6.42 Å². The van der Waals surface area contributed by atoms with E-state index in [1.807, 2.05) is 0 Å². The van der Waals surface area contributed by atoms with E-state index in [1.165, 1.54) is 71.6 Å². The highest BCUT2D eigenvalue weighted by Crippen LogP contribution is 2.43. The molecule has 1 aliphatic rings. The van der Waals surface area contributed by atoms with E-state index in [4.69, 9.17) is 0 Å². The quantitative estimate of drug-likeness (QED) is 0.267. The van der Waals surface area contributed by atoms with Crippen molar-refractivity contribution in [2.75, 3.05) is 19.0 Å². The molecule has 0 saturated carbocycles. The van der Waals surface area contributed by atoms with E-state index in [9.17, 15) is 0 Å². The van der Waals surface area contributed by atoms with Gasteiger partial charge in [0.05, 0.1) is 11.0 Å². The largest absolute Gasteiger partial charge is 0.378 e. The van der Waals surface area contributed by atoms with Crippen LogP contribution < -0.4 is 4.90 Å². The second-order valence-electron chi connectivity index (χ2n) is 9.73. The van der Waals surface area contributed by atoms with Crippen molar-refractivity contribution < 1.29 is 0 Å². The molecular formula is C32H26N2. The number of aryl methyl sites for hydroxylation is 1. The van der Waals surface area contributed by atoms with Gasteiger partial charge in [-0.1, -0.05) is 66.7 Å². The lowest BCUT2D eigenvalue weighted by atomic mass is 9.93. The van der Waals surface area contributed by atoms with Crippen LogP contribution in [0, 0.1) is 0 Å². The van der Waals surface area contributed by atoms with Crippen LogP contribution in [0.25, 0.3) is 54.8 Å². The van der Waals surface area contributed by atoms with Gasteiger partial charge in [0, 0.05) is 43.0 Å². The van der Waals surface area contributed by atoms with Gasteiger partial charge in [-0.3, -0.25) is 0 Å². The van der Waals surface area contributed by atoms with Crippen LogP contribution in [0.15, 0.2) is 91.0 Å². The molecule has 0 aliphatic heterocycles. The molecule has 34 heavy (non-hydrogen) atoms. The average molecular weight is 439 g/mol. The molecule has 0 radical (unpaired) electrons. The Labute approximate surface area is 199 Å². The third-order valence-corrected chi connectivity index (χ3v) is 7.61. The molecule has 0 bridgehead atoms. The molecule has 1 aliphatic carbocycles. The predicted octanol–water partition coefficient (Wildman–Crippen LogP) is 7.79. The van der Waals surface area contributed by atoms with Gasteiger partial charge in [-0.05, 0) is 69.5 Å². The standard InChI is InChI=1S/C32H26N2/c1-33(2)23-14-15-26-30-19-29(25-10-6-7-11-27(25)32(30)34(3)31(26)18-23)22-13-12-21-16-20-8-4-5-9-24(20)28(21)17-22/h4-15,17-19H,16H2,1-3H3. The van der Waals surface area contributed by atoms with E-state index >= 15 is 0 Å². The highest BCUT2D eigenvalue weighted by molar-refractivity contribution is 6.21. The molecule has 1 aromatic heterocycles. The number of hydrogen-bond acceptors (Lipinski definition) is 1. The summed E-state index contributed by atoms with van der Waals surface area (Å²) in [6, 6.07) is 34.0. The Hall–Kier alpha value is -4.04. The fraction of sp³-hybridized carbons (Fsp3) is 0.125. The molecule has 164 valence electrons. The lowest BCUT2D eigenvalue weighted by Crippen LogP contribution is -2.08. The minimum atomic E-state index is 1.03. The number of aromatic nitrogens is 1. The summed E-state index contributed by atoms with van der Waals surface area (Å²) in [7, 11) is 6.40. The molecule has 7 rings (SSSR count). The number of anilines is 1. The van der Waals surface area contributed by atoms with Gasteiger partial charge in [0.2, 0.25) is 0 Å². The van der Waals surface area contributed by atoms with Gasteiger partial charge in [-0.2, -0.15) is 0 Å². The Morgan fingerprint density at radius 1 is 0.618 bits per heavy atom. The molecule has 0 fully saturated rings. The van der Waals surface area contributed by atoms with Gasteiger partial charge in [0.1, 0.15) is 0 Å². The Kier molecular flexibility index (Phi) is 3.99. The number of rotatable bonds is 2. The average Bonchev–Trinajstić information content (AvgIpc) is 3.38. The SMILES string of the molecule is CN(C)c1ccc2c3cc(-c4ccc5c(c4)-c4ccccc4C5)c4ccccc4c3n(C)c2c1. The predicted molar refractivity (Wildman–Crippen MR) is 146 cm³/mol. The third-order valence-electron chi connectivity index (χ3n) is 7.61. The van der Waals surface area contributed by atoms with E-state index in [0.29, 0.717) is 0 Å². The Balaban J connectivity index is 1.55. The zero-order chi connectivity index (χ0) is 23.0. The lowest BCUT2D eigenvalue weighted by molar-refractivity contribution is 1.02. The molecule has 0 saturated heterocycles. The first kappa shape index (κ1) is 19.4. The smallest absolute Gasteiger partial charge is 0.0568 e. The Morgan fingerprint density at radius 3 is 2.24 bits per heavy atom. The van der Waals surface area contributed by atoms with Gasteiger partial charge in [0.15, 0.2) is 0 Å². The molecule has 2 nitrogen and oxygen atoms in total. The number of fused-ring (bicyclic) bond motifs is 8. The summed E-state index contributed by atoms with van der Waals surface area (Å²) in [5.41, 5.74) is 12.0. The summed E-state index contributed by atoms with van der Waals surface area (Å²) in [6.45, 7) is 0. The van der Waals surface area contributed by atoms with Crippen molar-refractivity contribution in [1.29, 1.82) is 0 Å². The van der Waals surface area contributed by atoms with Gasteiger partial charge in [-0.15, -0.1) is 0 Å². The van der Waals surface area contributed by atoms with Crippen LogP contribution >= 0.6 is 0 Å². The minimum Gasteiger partial charge on any atom is -0.378 e. The summed E-state index contributed by atoms with van der Waals surface area (Å²) in [4.78, 5) is 2.17. The van der Waals surface area contributed by atoms with Gasteiger partial charge >= 0.3 is 0 Å². The zero-order valence-corrected chi connectivity index (χ0v) is 19.8. The number of benzene rings is 5. The molecule has 2 heteroatoms. The Bertz CT molecular complexity index is 1770. The van der Waals surface area contributed by atoms with E-state index in [2.05, 4.69) is 122 Å². The number of hydrogen-bond donors (Lipinski definition) is 0. The summed E-state index contributed by atoms with van der Waals surface area (Å²) in [6.07, 6.45) is 1.03. The van der Waals surface area contributed by atoms with E-state index in [1.54, 1.807) is 0 Å². The lowest BCUT2D eigenvalue weighted by Gasteiger charge is -2.12. The molecule has 5 aromatic carbocycles. The normalized spacial score (nSPS) is 12.4. The molecule has 1 heterocycles. The zero-order valence-electron chi connectivity index (χ0n) is 19.8. The second-order valence-corrected chi connectivity index (χ2v) is 9.73. The summed E-state index contributed by atoms with van der Waals surface area (Å²) in [5, 5.41) is 5.24. The first-order valence-corrected chi connectivity index (χ1v) is 11.9.